The van der Waals surface area contributed by atoms with Crippen LogP contribution in [0.4, 0.5) is 5.69 Å². The zero-order chi connectivity index (χ0) is 19.9. The van der Waals surface area contributed by atoms with Crippen LogP contribution in [0.3, 0.4) is 0 Å². The molecule has 1 amide bonds. The average Bonchev–Trinajstić information content (AvgIpc) is 3.20. The van der Waals surface area contributed by atoms with Crippen LogP contribution in [0.15, 0.2) is 48.5 Å². The van der Waals surface area contributed by atoms with Gasteiger partial charge in [-0.25, -0.2) is 4.79 Å². The van der Waals surface area contributed by atoms with Gasteiger partial charge >= 0.3 is 5.97 Å². The largest absolute Gasteiger partial charge is 0.497 e. The van der Waals surface area contributed by atoms with Crippen molar-refractivity contribution in [2.24, 2.45) is 0 Å². The number of carbonyl (C=O) groups excluding carboxylic acids is 1. The summed E-state index contributed by atoms with van der Waals surface area (Å²) in [4.78, 5) is 23.2. The maximum atomic E-state index is 12.3. The highest BCUT2D eigenvalue weighted by Gasteiger charge is 2.34. The normalized spacial score (nSPS) is 18.6. The van der Waals surface area contributed by atoms with Crippen molar-refractivity contribution < 1.29 is 28.9 Å². The van der Waals surface area contributed by atoms with Gasteiger partial charge < -0.3 is 24.6 Å². The number of methoxy groups -OCH3 is 1. The van der Waals surface area contributed by atoms with Gasteiger partial charge in [-0.3, -0.25) is 4.79 Å². The summed E-state index contributed by atoms with van der Waals surface area (Å²) in [6.45, 7) is 0.865. The minimum atomic E-state index is -1.04. The Morgan fingerprint density at radius 2 is 1.79 bits per heavy atom. The number of rotatable bonds is 8. The lowest BCUT2D eigenvalue weighted by atomic mass is 10.1. The third kappa shape index (κ3) is 5.31. The van der Waals surface area contributed by atoms with Gasteiger partial charge in [0.25, 0.3) is 5.91 Å². The van der Waals surface area contributed by atoms with Crippen molar-refractivity contribution in [2.75, 3.05) is 12.4 Å². The summed E-state index contributed by atoms with van der Waals surface area (Å²) in [6, 6.07) is 15.0. The van der Waals surface area contributed by atoms with Crippen molar-refractivity contribution in [3.63, 3.8) is 0 Å². The zero-order valence-electron chi connectivity index (χ0n) is 15.6. The second-order valence-corrected chi connectivity index (χ2v) is 6.56. The van der Waals surface area contributed by atoms with Crippen molar-refractivity contribution in [1.82, 2.24) is 0 Å². The fourth-order valence-corrected chi connectivity index (χ4v) is 2.98. The van der Waals surface area contributed by atoms with Gasteiger partial charge in [-0.05, 0) is 48.2 Å². The maximum absolute atomic E-state index is 12.3. The third-order valence-electron chi connectivity index (χ3n) is 4.48. The van der Waals surface area contributed by atoms with Crippen LogP contribution in [-0.2, 0) is 32.3 Å². The molecule has 0 aromatic heterocycles. The summed E-state index contributed by atoms with van der Waals surface area (Å²) in [7, 11) is 1.63. The fourth-order valence-electron chi connectivity index (χ4n) is 2.98. The van der Waals surface area contributed by atoms with E-state index in [0.29, 0.717) is 31.7 Å². The molecule has 3 rings (SSSR count). The number of aliphatic carboxylic acids is 1. The predicted octanol–water partition coefficient (Wildman–Crippen LogP) is 2.98. The molecule has 28 heavy (non-hydrogen) atoms. The SMILES string of the molecule is COc1ccc(COCc2cccc(NC(=O)[C@@H]3CC[C@H](C(=O)O)O3)c2)cc1. The topological polar surface area (TPSA) is 94.1 Å². The number of hydrogen-bond acceptors (Lipinski definition) is 5. The molecule has 1 aliphatic heterocycles. The minimum Gasteiger partial charge on any atom is -0.497 e. The quantitative estimate of drug-likeness (QED) is 0.726. The molecule has 1 saturated heterocycles. The maximum Gasteiger partial charge on any atom is 0.332 e. The van der Waals surface area contributed by atoms with Crippen LogP contribution in [0, 0.1) is 0 Å². The van der Waals surface area contributed by atoms with Gasteiger partial charge in [0, 0.05) is 5.69 Å². The van der Waals surface area contributed by atoms with Gasteiger partial charge in [0.05, 0.1) is 20.3 Å². The Balaban J connectivity index is 1.49. The second kappa shape index (κ2) is 9.34. The number of nitrogens with one attached hydrogen (secondary N) is 1. The third-order valence-corrected chi connectivity index (χ3v) is 4.48. The number of ether oxygens (including phenoxy) is 3. The summed E-state index contributed by atoms with van der Waals surface area (Å²) in [6.07, 6.45) is -0.912. The van der Waals surface area contributed by atoms with Crippen LogP contribution in [0.25, 0.3) is 0 Å². The number of hydrogen-bond donors (Lipinski definition) is 2. The summed E-state index contributed by atoms with van der Waals surface area (Å²) in [5.41, 5.74) is 2.58. The molecule has 148 valence electrons. The van der Waals surface area contributed by atoms with E-state index >= 15 is 0 Å². The molecule has 2 aromatic carbocycles. The molecule has 0 saturated carbocycles. The van der Waals surface area contributed by atoms with Gasteiger partial charge in [0.1, 0.15) is 11.9 Å². The van der Waals surface area contributed by atoms with Crippen molar-refractivity contribution in [3.05, 3.63) is 59.7 Å². The van der Waals surface area contributed by atoms with Gasteiger partial charge in [-0.2, -0.15) is 0 Å². The molecule has 2 N–H and O–H groups in total. The Morgan fingerprint density at radius 3 is 2.46 bits per heavy atom. The number of anilines is 1. The molecule has 7 heteroatoms. The van der Waals surface area contributed by atoms with E-state index in [1.165, 1.54) is 0 Å². The van der Waals surface area contributed by atoms with Crippen LogP contribution in [0.2, 0.25) is 0 Å². The molecule has 2 aromatic rings. The number of amides is 1. The highest BCUT2D eigenvalue weighted by Crippen LogP contribution is 2.22. The van der Waals surface area contributed by atoms with E-state index in [-0.39, 0.29) is 5.91 Å². The number of carbonyl (C=O) groups is 2. The lowest BCUT2D eigenvalue weighted by Gasteiger charge is -2.13. The smallest absolute Gasteiger partial charge is 0.332 e. The van der Waals surface area contributed by atoms with Crippen LogP contribution in [-0.4, -0.2) is 36.3 Å². The fraction of sp³-hybridized carbons (Fsp3) is 0.333. The second-order valence-electron chi connectivity index (χ2n) is 6.56. The van der Waals surface area contributed by atoms with Crippen molar-refractivity contribution in [3.8, 4) is 5.75 Å². The minimum absolute atomic E-state index is 0.333. The van der Waals surface area contributed by atoms with E-state index in [0.717, 1.165) is 16.9 Å². The van der Waals surface area contributed by atoms with Crippen LogP contribution >= 0.6 is 0 Å². The van der Waals surface area contributed by atoms with Gasteiger partial charge in [-0.1, -0.05) is 24.3 Å². The first-order valence-electron chi connectivity index (χ1n) is 9.04. The average molecular weight is 385 g/mol. The lowest BCUT2D eigenvalue weighted by Crippen LogP contribution is -2.29. The molecule has 2 atom stereocenters. The van der Waals surface area contributed by atoms with Gasteiger partial charge in [0.15, 0.2) is 6.10 Å². The number of carboxylic acid groups (broad SMARTS) is 1. The molecular formula is C21H23NO6. The summed E-state index contributed by atoms with van der Waals surface area (Å²) in [5.74, 6) is -0.570. The van der Waals surface area contributed by atoms with Crippen LogP contribution in [0.5, 0.6) is 5.75 Å². The first-order chi connectivity index (χ1) is 13.5. The lowest BCUT2D eigenvalue weighted by molar-refractivity contribution is -0.150. The Bertz CT molecular complexity index is 820. The standard InChI is InChI=1S/C21H23NO6/c1-26-17-7-5-14(6-8-17)12-27-13-15-3-2-4-16(11-15)22-20(23)18-9-10-19(28-18)21(24)25/h2-8,11,18-19H,9-10,12-13H2,1H3,(H,22,23)(H,24,25)/t18-,19+/m0/s1. The molecule has 0 bridgehead atoms. The molecule has 1 heterocycles. The molecule has 1 fully saturated rings. The molecule has 7 nitrogen and oxygen atoms in total. The Hall–Kier alpha value is -2.90. The summed E-state index contributed by atoms with van der Waals surface area (Å²) >= 11 is 0. The summed E-state index contributed by atoms with van der Waals surface area (Å²) < 4.78 is 16.1. The van der Waals surface area contributed by atoms with E-state index < -0.39 is 18.2 Å². The van der Waals surface area contributed by atoms with E-state index in [4.69, 9.17) is 19.3 Å². The van der Waals surface area contributed by atoms with Crippen molar-refractivity contribution in [2.45, 2.75) is 38.3 Å². The van der Waals surface area contributed by atoms with Crippen molar-refractivity contribution in [1.29, 1.82) is 0 Å². The Kier molecular flexibility index (Phi) is 6.62. The number of benzene rings is 2. The highest BCUT2D eigenvalue weighted by atomic mass is 16.5. The van der Waals surface area contributed by atoms with Gasteiger partial charge in [-0.15, -0.1) is 0 Å². The van der Waals surface area contributed by atoms with Gasteiger partial charge in [0.2, 0.25) is 0 Å². The molecule has 0 radical (unpaired) electrons. The van der Waals surface area contributed by atoms with Crippen LogP contribution in [0.1, 0.15) is 24.0 Å². The van der Waals surface area contributed by atoms with E-state index in [2.05, 4.69) is 5.32 Å². The van der Waals surface area contributed by atoms with Crippen LogP contribution < -0.4 is 10.1 Å². The monoisotopic (exact) mass is 385 g/mol. The van der Waals surface area contributed by atoms with E-state index in [1.807, 2.05) is 42.5 Å². The van der Waals surface area contributed by atoms with Crippen molar-refractivity contribution >= 4 is 17.6 Å². The zero-order valence-corrected chi connectivity index (χ0v) is 15.6. The highest BCUT2D eigenvalue weighted by molar-refractivity contribution is 5.94. The summed E-state index contributed by atoms with van der Waals surface area (Å²) in [5, 5.41) is 11.7. The first kappa shape index (κ1) is 19.9. The van der Waals surface area contributed by atoms with E-state index in [9.17, 15) is 9.59 Å². The Labute approximate surface area is 163 Å². The number of carboxylic acids is 1. The molecule has 0 spiro atoms. The predicted molar refractivity (Wildman–Crippen MR) is 102 cm³/mol. The molecule has 0 aliphatic carbocycles. The molecule has 0 unspecified atom stereocenters. The first-order valence-corrected chi connectivity index (χ1v) is 9.04. The molecule has 1 aliphatic rings. The van der Waals surface area contributed by atoms with E-state index in [1.54, 1.807) is 13.2 Å². The Morgan fingerprint density at radius 1 is 1.07 bits per heavy atom. The molecular weight excluding hydrogens is 362 g/mol.